The number of nitriles is 1. The van der Waals surface area contributed by atoms with Crippen LogP contribution < -0.4 is 5.32 Å². The minimum Gasteiger partial charge on any atom is -0.394 e. The van der Waals surface area contributed by atoms with Gasteiger partial charge in [-0.1, -0.05) is 6.07 Å². The Morgan fingerprint density at radius 3 is 2.88 bits per heavy atom. The number of hydrogen-bond acceptors (Lipinski definition) is 4. The second-order valence-electron chi connectivity index (χ2n) is 3.64. The van der Waals surface area contributed by atoms with E-state index in [2.05, 4.69) is 11.4 Å². The van der Waals surface area contributed by atoms with Crippen molar-refractivity contribution < 1.29 is 9.84 Å². The Balaban J connectivity index is 2.83. The number of hydrogen-bond donors (Lipinski definition) is 2. The van der Waals surface area contributed by atoms with Gasteiger partial charge in [0.1, 0.15) is 6.07 Å². The van der Waals surface area contributed by atoms with Crippen LogP contribution in [-0.2, 0) is 4.74 Å². The predicted molar refractivity (Wildman–Crippen MR) is 62.3 cm³/mol. The molecule has 0 aliphatic heterocycles. The van der Waals surface area contributed by atoms with Crippen molar-refractivity contribution in [3.8, 4) is 6.07 Å². The minimum absolute atomic E-state index is 0.0351. The summed E-state index contributed by atoms with van der Waals surface area (Å²) in [5, 5.41) is 21.2. The molecule has 86 valence electrons. The maximum Gasteiger partial charge on any atom is 0.101 e. The molecule has 1 atom stereocenters. The largest absolute Gasteiger partial charge is 0.394 e. The molecule has 1 aromatic rings. The highest BCUT2D eigenvalue weighted by molar-refractivity contribution is 5.59. The average molecular weight is 220 g/mol. The molecule has 0 aliphatic carbocycles. The number of nitrogens with one attached hydrogen (secondary N) is 1. The zero-order valence-corrected chi connectivity index (χ0v) is 9.53. The number of rotatable bonds is 5. The maximum atomic E-state index is 9.11. The number of anilines is 1. The van der Waals surface area contributed by atoms with E-state index in [-0.39, 0.29) is 12.6 Å². The first kappa shape index (κ1) is 12.5. The second-order valence-corrected chi connectivity index (χ2v) is 3.64. The molecular weight excluding hydrogens is 204 g/mol. The molecule has 0 radical (unpaired) electrons. The van der Waals surface area contributed by atoms with E-state index in [0.29, 0.717) is 12.2 Å². The van der Waals surface area contributed by atoms with E-state index in [9.17, 15) is 0 Å². The molecule has 0 aromatic heterocycles. The first-order chi connectivity index (χ1) is 7.71. The van der Waals surface area contributed by atoms with Crippen molar-refractivity contribution in [1.82, 2.24) is 0 Å². The number of benzene rings is 1. The van der Waals surface area contributed by atoms with Gasteiger partial charge in [0.05, 0.1) is 30.5 Å². The Labute approximate surface area is 95.5 Å². The molecule has 4 nitrogen and oxygen atoms in total. The summed E-state index contributed by atoms with van der Waals surface area (Å²) in [6, 6.07) is 7.50. The summed E-state index contributed by atoms with van der Waals surface area (Å²) in [5.74, 6) is 0. The minimum atomic E-state index is -0.195. The SMILES string of the molecule is COCC(CO)Nc1ccc(C)cc1C#N. The third-order valence-electron chi connectivity index (χ3n) is 2.24. The first-order valence-corrected chi connectivity index (χ1v) is 5.08. The Bertz CT molecular complexity index is 385. The third-order valence-corrected chi connectivity index (χ3v) is 2.24. The van der Waals surface area contributed by atoms with Crippen LogP contribution in [0.3, 0.4) is 0 Å². The van der Waals surface area contributed by atoms with Crippen LogP contribution in [0.15, 0.2) is 18.2 Å². The lowest BCUT2D eigenvalue weighted by Crippen LogP contribution is -2.29. The standard InChI is InChI=1S/C12H16N2O2/c1-9-3-4-12(10(5-9)6-13)14-11(7-15)8-16-2/h3-5,11,14-15H,7-8H2,1-2H3. The van der Waals surface area contributed by atoms with Crippen LogP contribution in [0.25, 0.3) is 0 Å². The topological polar surface area (TPSA) is 65.3 Å². The van der Waals surface area contributed by atoms with E-state index in [1.807, 2.05) is 25.1 Å². The van der Waals surface area contributed by atoms with Gasteiger partial charge in [0, 0.05) is 7.11 Å². The molecular formula is C12H16N2O2. The quantitative estimate of drug-likeness (QED) is 0.784. The van der Waals surface area contributed by atoms with Crippen LogP contribution in [-0.4, -0.2) is 31.5 Å². The molecule has 1 unspecified atom stereocenters. The first-order valence-electron chi connectivity index (χ1n) is 5.08. The second kappa shape index (κ2) is 6.11. The molecule has 0 fully saturated rings. The Morgan fingerprint density at radius 1 is 1.56 bits per heavy atom. The van der Waals surface area contributed by atoms with Crippen molar-refractivity contribution in [3.63, 3.8) is 0 Å². The van der Waals surface area contributed by atoms with E-state index in [1.165, 1.54) is 0 Å². The zero-order valence-electron chi connectivity index (χ0n) is 9.53. The van der Waals surface area contributed by atoms with Gasteiger partial charge < -0.3 is 15.2 Å². The molecule has 0 amide bonds. The fourth-order valence-electron chi connectivity index (χ4n) is 1.44. The van der Waals surface area contributed by atoms with Crippen molar-refractivity contribution in [1.29, 1.82) is 5.26 Å². The molecule has 0 heterocycles. The van der Waals surface area contributed by atoms with Crippen molar-refractivity contribution in [2.24, 2.45) is 0 Å². The number of nitrogens with zero attached hydrogens (tertiary/aromatic N) is 1. The Hall–Kier alpha value is -1.57. The Morgan fingerprint density at radius 2 is 2.31 bits per heavy atom. The van der Waals surface area contributed by atoms with Gasteiger partial charge in [0.25, 0.3) is 0 Å². The van der Waals surface area contributed by atoms with Gasteiger partial charge in [-0.05, 0) is 24.6 Å². The van der Waals surface area contributed by atoms with Crippen LogP contribution >= 0.6 is 0 Å². The monoisotopic (exact) mass is 220 g/mol. The number of aliphatic hydroxyl groups excluding tert-OH is 1. The van der Waals surface area contributed by atoms with Gasteiger partial charge in [0.15, 0.2) is 0 Å². The van der Waals surface area contributed by atoms with Gasteiger partial charge >= 0.3 is 0 Å². The average Bonchev–Trinajstić information content (AvgIpc) is 2.30. The van der Waals surface area contributed by atoms with Crippen LogP contribution in [0.1, 0.15) is 11.1 Å². The molecule has 0 saturated heterocycles. The molecule has 16 heavy (non-hydrogen) atoms. The van der Waals surface area contributed by atoms with Crippen LogP contribution in [0.2, 0.25) is 0 Å². The van der Waals surface area contributed by atoms with Crippen molar-refractivity contribution in [2.75, 3.05) is 25.6 Å². The molecule has 0 aliphatic rings. The summed E-state index contributed by atoms with van der Waals surface area (Å²) >= 11 is 0. The van der Waals surface area contributed by atoms with E-state index in [1.54, 1.807) is 7.11 Å². The molecule has 0 spiro atoms. The van der Waals surface area contributed by atoms with Crippen LogP contribution in [0, 0.1) is 18.3 Å². The van der Waals surface area contributed by atoms with Gasteiger partial charge in [-0.2, -0.15) is 5.26 Å². The molecule has 0 saturated carbocycles. The summed E-state index contributed by atoms with van der Waals surface area (Å²) in [6.07, 6.45) is 0. The fourth-order valence-corrected chi connectivity index (χ4v) is 1.44. The van der Waals surface area contributed by atoms with Gasteiger partial charge in [-0.25, -0.2) is 0 Å². The van der Waals surface area contributed by atoms with E-state index < -0.39 is 0 Å². The summed E-state index contributed by atoms with van der Waals surface area (Å²) in [4.78, 5) is 0. The number of aryl methyl sites for hydroxylation is 1. The van der Waals surface area contributed by atoms with E-state index in [0.717, 1.165) is 11.3 Å². The van der Waals surface area contributed by atoms with E-state index in [4.69, 9.17) is 15.1 Å². The summed E-state index contributed by atoms with van der Waals surface area (Å²) in [6.45, 7) is 2.30. The number of aliphatic hydroxyl groups is 1. The summed E-state index contributed by atoms with van der Waals surface area (Å²) in [5.41, 5.74) is 2.34. The van der Waals surface area contributed by atoms with Crippen molar-refractivity contribution in [3.05, 3.63) is 29.3 Å². The van der Waals surface area contributed by atoms with Gasteiger partial charge in [-0.15, -0.1) is 0 Å². The van der Waals surface area contributed by atoms with Crippen LogP contribution in [0.4, 0.5) is 5.69 Å². The number of methoxy groups -OCH3 is 1. The highest BCUT2D eigenvalue weighted by atomic mass is 16.5. The smallest absolute Gasteiger partial charge is 0.101 e. The molecule has 1 rings (SSSR count). The fraction of sp³-hybridized carbons (Fsp3) is 0.417. The Kier molecular flexibility index (Phi) is 4.77. The van der Waals surface area contributed by atoms with Crippen molar-refractivity contribution in [2.45, 2.75) is 13.0 Å². The lowest BCUT2D eigenvalue weighted by atomic mass is 10.1. The van der Waals surface area contributed by atoms with Gasteiger partial charge in [-0.3, -0.25) is 0 Å². The molecule has 1 aromatic carbocycles. The normalized spacial score (nSPS) is 11.9. The zero-order chi connectivity index (χ0) is 12.0. The van der Waals surface area contributed by atoms with E-state index >= 15 is 0 Å². The molecule has 4 heteroatoms. The van der Waals surface area contributed by atoms with Crippen LogP contribution in [0.5, 0.6) is 0 Å². The lowest BCUT2D eigenvalue weighted by Gasteiger charge is -2.17. The number of ether oxygens (including phenoxy) is 1. The lowest BCUT2D eigenvalue weighted by molar-refractivity contribution is 0.153. The maximum absolute atomic E-state index is 9.11. The molecule has 0 bridgehead atoms. The molecule has 2 N–H and O–H groups in total. The third kappa shape index (κ3) is 3.23. The summed E-state index contributed by atoms with van der Waals surface area (Å²) < 4.78 is 4.96. The predicted octanol–water partition coefficient (Wildman–Crippen LogP) is 1.29. The van der Waals surface area contributed by atoms with Gasteiger partial charge in [0.2, 0.25) is 0 Å². The highest BCUT2D eigenvalue weighted by Gasteiger charge is 2.09. The highest BCUT2D eigenvalue weighted by Crippen LogP contribution is 2.17. The summed E-state index contributed by atoms with van der Waals surface area (Å²) in [7, 11) is 1.57. The van der Waals surface area contributed by atoms with Crippen molar-refractivity contribution >= 4 is 5.69 Å².